The molecule has 2 rings (SSSR count). The summed E-state index contributed by atoms with van der Waals surface area (Å²) in [6.45, 7) is 1.94. The number of amides is 1. The van der Waals surface area contributed by atoms with E-state index < -0.39 is 5.97 Å². The number of carbonyl (C=O) groups excluding carboxylic acids is 2. The summed E-state index contributed by atoms with van der Waals surface area (Å²) < 4.78 is 5.75. The van der Waals surface area contributed by atoms with Gasteiger partial charge < -0.3 is 10.1 Å². The van der Waals surface area contributed by atoms with Gasteiger partial charge in [0.1, 0.15) is 0 Å². The van der Waals surface area contributed by atoms with Crippen molar-refractivity contribution in [2.24, 2.45) is 0 Å². The van der Waals surface area contributed by atoms with E-state index in [0.717, 1.165) is 10.0 Å². The number of hydrogen-bond acceptors (Lipinski definition) is 5. The number of aromatic nitrogens is 3. The van der Waals surface area contributed by atoms with Crippen LogP contribution in [0.25, 0.3) is 0 Å². The van der Waals surface area contributed by atoms with E-state index in [1.54, 1.807) is 6.92 Å². The Bertz CT molecular complexity index is 654. The van der Waals surface area contributed by atoms with E-state index in [2.05, 4.69) is 31.4 Å². The number of nitrogens with zero attached hydrogens (tertiary/aromatic N) is 3. The fourth-order valence-corrected chi connectivity index (χ4v) is 1.99. The monoisotopic (exact) mass is 366 g/mol. The summed E-state index contributed by atoms with van der Waals surface area (Å²) in [4.78, 5) is 24.4. The summed E-state index contributed by atoms with van der Waals surface area (Å²) in [6.07, 6.45) is 1.62. The first-order chi connectivity index (χ1) is 10.6. The lowest BCUT2D eigenvalue weighted by Gasteiger charge is -2.02. The van der Waals surface area contributed by atoms with Gasteiger partial charge in [0.2, 0.25) is 5.91 Å². The van der Waals surface area contributed by atoms with Crippen LogP contribution in [-0.2, 0) is 27.3 Å². The molecule has 1 aromatic heterocycles. The lowest BCUT2D eigenvalue weighted by atomic mass is 10.1. The van der Waals surface area contributed by atoms with Gasteiger partial charge in [-0.3, -0.25) is 4.79 Å². The van der Waals surface area contributed by atoms with Crippen molar-refractivity contribution < 1.29 is 14.3 Å². The maximum atomic E-state index is 11.9. The summed E-state index contributed by atoms with van der Waals surface area (Å²) in [5.74, 6) is -0.331. The number of nitrogens with one attached hydrogen (secondary N) is 1. The average Bonchev–Trinajstić information content (AvgIpc) is 2.88. The molecule has 0 aliphatic carbocycles. The minimum absolute atomic E-state index is 0.0869. The largest absolute Gasteiger partial charge is 0.465 e. The number of ether oxygens (including phenoxy) is 1. The van der Waals surface area contributed by atoms with E-state index in [9.17, 15) is 9.59 Å². The molecule has 0 aliphatic rings. The second-order valence-electron chi connectivity index (χ2n) is 4.42. The van der Waals surface area contributed by atoms with Gasteiger partial charge in [0, 0.05) is 4.47 Å². The minimum Gasteiger partial charge on any atom is -0.465 e. The van der Waals surface area contributed by atoms with Gasteiger partial charge in [0.15, 0.2) is 12.4 Å². The van der Waals surface area contributed by atoms with Crippen molar-refractivity contribution in [2.45, 2.75) is 19.9 Å². The van der Waals surface area contributed by atoms with Crippen molar-refractivity contribution in [1.29, 1.82) is 0 Å². The smallest absolute Gasteiger partial charge is 0.329 e. The van der Waals surface area contributed by atoms with E-state index in [1.165, 1.54) is 11.0 Å². The van der Waals surface area contributed by atoms with Crippen LogP contribution in [0, 0.1) is 0 Å². The van der Waals surface area contributed by atoms with Gasteiger partial charge in [-0.1, -0.05) is 28.1 Å². The Hall–Kier alpha value is -2.22. The quantitative estimate of drug-likeness (QED) is 0.787. The van der Waals surface area contributed by atoms with Gasteiger partial charge in [-0.05, 0) is 24.6 Å². The molecule has 0 fully saturated rings. The standard InChI is InChI=1S/C14H15BrN4O3/c1-2-22-14(21)9-19-16-8-12(18-19)17-13(20)7-10-3-5-11(15)6-4-10/h3-6,8H,2,7,9H2,1H3,(H,17,18,20). The molecular formula is C14H15BrN4O3. The zero-order valence-corrected chi connectivity index (χ0v) is 13.5. The van der Waals surface area contributed by atoms with Crippen LogP contribution in [0.5, 0.6) is 0 Å². The van der Waals surface area contributed by atoms with Crippen LogP contribution in [0.2, 0.25) is 0 Å². The van der Waals surface area contributed by atoms with Gasteiger partial charge in [0.05, 0.1) is 19.2 Å². The maximum Gasteiger partial charge on any atom is 0.329 e. The first kappa shape index (κ1) is 16.2. The average molecular weight is 367 g/mol. The summed E-state index contributed by atoms with van der Waals surface area (Å²) >= 11 is 3.34. The van der Waals surface area contributed by atoms with Gasteiger partial charge >= 0.3 is 5.97 Å². The molecule has 0 saturated heterocycles. The van der Waals surface area contributed by atoms with E-state index >= 15 is 0 Å². The third-order valence-electron chi connectivity index (χ3n) is 2.66. The molecule has 1 heterocycles. The van der Waals surface area contributed by atoms with Crippen molar-refractivity contribution in [2.75, 3.05) is 11.9 Å². The number of rotatable bonds is 6. The molecular weight excluding hydrogens is 352 g/mol. The molecule has 0 radical (unpaired) electrons. The fourth-order valence-electron chi connectivity index (χ4n) is 1.73. The number of esters is 1. The number of halogens is 1. The molecule has 1 N–H and O–H groups in total. The molecule has 1 aromatic carbocycles. The van der Waals surface area contributed by atoms with Crippen molar-refractivity contribution in [3.63, 3.8) is 0 Å². The topological polar surface area (TPSA) is 86.1 Å². The van der Waals surface area contributed by atoms with E-state index in [0.29, 0.717) is 12.4 Å². The number of carbonyl (C=O) groups is 2. The molecule has 116 valence electrons. The highest BCUT2D eigenvalue weighted by molar-refractivity contribution is 9.10. The lowest BCUT2D eigenvalue weighted by molar-refractivity contribution is -0.144. The number of hydrogen-bond donors (Lipinski definition) is 1. The Labute approximate surface area is 135 Å². The summed E-state index contributed by atoms with van der Waals surface area (Å²) in [6, 6.07) is 7.47. The molecule has 22 heavy (non-hydrogen) atoms. The van der Waals surface area contributed by atoms with Crippen LogP contribution in [0.3, 0.4) is 0 Å². The maximum absolute atomic E-state index is 11.9. The molecule has 1 amide bonds. The molecule has 2 aromatic rings. The third-order valence-corrected chi connectivity index (χ3v) is 3.19. The number of benzene rings is 1. The predicted octanol–water partition coefficient (Wildman–Crippen LogP) is 1.78. The van der Waals surface area contributed by atoms with E-state index in [1.807, 2.05) is 24.3 Å². The van der Waals surface area contributed by atoms with Crippen LogP contribution in [-0.4, -0.2) is 33.5 Å². The second-order valence-corrected chi connectivity index (χ2v) is 5.33. The Morgan fingerprint density at radius 3 is 2.73 bits per heavy atom. The number of anilines is 1. The summed E-state index contributed by atoms with van der Waals surface area (Å²) in [5.41, 5.74) is 0.889. The summed E-state index contributed by atoms with van der Waals surface area (Å²) in [7, 11) is 0. The van der Waals surface area contributed by atoms with Gasteiger partial charge in [-0.2, -0.15) is 9.90 Å². The molecule has 7 nitrogen and oxygen atoms in total. The van der Waals surface area contributed by atoms with Crippen LogP contribution in [0.15, 0.2) is 34.9 Å². The lowest BCUT2D eigenvalue weighted by Crippen LogP contribution is -2.17. The molecule has 0 saturated carbocycles. The van der Waals surface area contributed by atoms with Crippen molar-refractivity contribution in [3.05, 3.63) is 40.5 Å². The third kappa shape index (κ3) is 4.96. The Morgan fingerprint density at radius 1 is 1.32 bits per heavy atom. The molecule has 0 unspecified atom stereocenters. The zero-order valence-electron chi connectivity index (χ0n) is 12.0. The predicted molar refractivity (Wildman–Crippen MR) is 83.1 cm³/mol. The van der Waals surface area contributed by atoms with Crippen molar-refractivity contribution >= 4 is 33.6 Å². The first-order valence-corrected chi connectivity index (χ1v) is 7.46. The second kappa shape index (κ2) is 7.69. The molecule has 0 bridgehead atoms. The van der Waals surface area contributed by atoms with Gasteiger partial charge in [-0.15, -0.1) is 5.10 Å². The van der Waals surface area contributed by atoms with Crippen molar-refractivity contribution in [3.8, 4) is 0 Å². The van der Waals surface area contributed by atoms with Gasteiger partial charge in [0.25, 0.3) is 0 Å². The SMILES string of the molecule is CCOC(=O)Cn1ncc(NC(=O)Cc2ccc(Br)cc2)n1. The van der Waals surface area contributed by atoms with Crippen LogP contribution < -0.4 is 5.32 Å². The van der Waals surface area contributed by atoms with Crippen LogP contribution >= 0.6 is 15.9 Å². The fraction of sp³-hybridized carbons (Fsp3) is 0.286. The zero-order chi connectivity index (χ0) is 15.9. The molecule has 0 aliphatic heterocycles. The van der Waals surface area contributed by atoms with E-state index in [4.69, 9.17) is 4.74 Å². The summed E-state index contributed by atoms with van der Waals surface area (Å²) in [5, 5.41) is 10.5. The Kier molecular flexibility index (Phi) is 5.65. The highest BCUT2D eigenvalue weighted by Gasteiger charge is 2.09. The van der Waals surface area contributed by atoms with Crippen LogP contribution in [0.1, 0.15) is 12.5 Å². The van der Waals surface area contributed by atoms with Crippen molar-refractivity contribution in [1.82, 2.24) is 15.0 Å². The highest BCUT2D eigenvalue weighted by Crippen LogP contribution is 2.11. The molecule has 8 heteroatoms. The Morgan fingerprint density at radius 2 is 2.05 bits per heavy atom. The minimum atomic E-state index is -0.425. The van der Waals surface area contributed by atoms with E-state index in [-0.39, 0.29) is 18.9 Å². The Balaban J connectivity index is 1.88. The normalized spacial score (nSPS) is 10.3. The van der Waals surface area contributed by atoms with Gasteiger partial charge in [-0.25, -0.2) is 4.79 Å². The highest BCUT2D eigenvalue weighted by atomic mass is 79.9. The molecule has 0 atom stereocenters. The first-order valence-electron chi connectivity index (χ1n) is 6.67. The molecule has 0 spiro atoms. The van der Waals surface area contributed by atoms with Crippen LogP contribution in [0.4, 0.5) is 5.82 Å².